The van der Waals surface area contributed by atoms with Crippen molar-refractivity contribution < 1.29 is 4.74 Å². The summed E-state index contributed by atoms with van der Waals surface area (Å²) in [5.74, 6) is 0.924. The molecule has 0 radical (unpaired) electrons. The van der Waals surface area contributed by atoms with Crippen LogP contribution in [0, 0.1) is 0 Å². The van der Waals surface area contributed by atoms with Gasteiger partial charge in [0.05, 0.1) is 7.11 Å². The van der Waals surface area contributed by atoms with Gasteiger partial charge in [0.2, 0.25) is 0 Å². The molecule has 0 amide bonds. The number of ether oxygens (including phenoxy) is 1. The second-order valence-corrected chi connectivity index (χ2v) is 7.20. The van der Waals surface area contributed by atoms with E-state index in [4.69, 9.17) is 4.74 Å². The lowest BCUT2D eigenvalue weighted by molar-refractivity contribution is 0.264. The largest absolute Gasteiger partial charge is 0.497 e. The summed E-state index contributed by atoms with van der Waals surface area (Å²) in [5, 5.41) is 0. The first kappa shape index (κ1) is 17.2. The molecule has 136 valence electrons. The van der Waals surface area contributed by atoms with E-state index >= 15 is 0 Å². The summed E-state index contributed by atoms with van der Waals surface area (Å²) in [4.78, 5) is 5.09. The normalized spacial score (nSPS) is 17.6. The molecule has 26 heavy (non-hydrogen) atoms. The maximum Gasteiger partial charge on any atom is 0.119 e. The Morgan fingerprint density at radius 2 is 1.69 bits per heavy atom. The molecule has 0 unspecified atom stereocenters. The zero-order valence-electron chi connectivity index (χ0n) is 15.7. The van der Waals surface area contributed by atoms with E-state index in [-0.39, 0.29) is 0 Å². The molecule has 4 rings (SSSR count). The van der Waals surface area contributed by atoms with Gasteiger partial charge in [-0.2, -0.15) is 0 Å². The van der Waals surface area contributed by atoms with Gasteiger partial charge in [0.15, 0.2) is 0 Å². The molecule has 1 aliphatic carbocycles. The smallest absolute Gasteiger partial charge is 0.119 e. The van der Waals surface area contributed by atoms with E-state index in [9.17, 15) is 0 Å². The molecule has 0 bridgehead atoms. The van der Waals surface area contributed by atoms with Crippen LogP contribution < -0.4 is 9.64 Å². The number of anilines is 1. The lowest BCUT2D eigenvalue weighted by atomic mass is 9.89. The molecular weight excluding hydrogens is 320 g/mol. The van der Waals surface area contributed by atoms with Crippen LogP contribution in [0.1, 0.15) is 24.0 Å². The summed E-state index contributed by atoms with van der Waals surface area (Å²) in [5.41, 5.74) is 5.85. The molecule has 2 aromatic rings. The summed E-state index contributed by atoms with van der Waals surface area (Å²) in [6.45, 7) is 5.64. The van der Waals surface area contributed by atoms with Gasteiger partial charge in [-0.15, -0.1) is 0 Å². The third kappa shape index (κ3) is 3.78. The van der Waals surface area contributed by atoms with Gasteiger partial charge in [-0.05, 0) is 60.2 Å². The molecule has 1 heterocycles. The quantitative estimate of drug-likeness (QED) is 0.804. The van der Waals surface area contributed by atoms with E-state index in [0.717, 1.165) is 38.5 Å². The zero-order valence-corrected chi connectivity index (χ0v) is 15.7. The highest BCUT2D eigenvalue weighted by Crippen LogP contribution is 2.29. The second-order valence-electron chi connectivity index (χ2n) is 7.20. The number of hydrogen-bond donors (Lipinski definition) is 0. The Morgan fingerprint density at radius 3 is 2.46 bits per heavy atom. The Kier molecular flexibility index (Phi) is 5.26. The van der Waals surface area contributed by atoms with Gasteiger partial charge in [0.1, 0.15) is 5.75 Å². The molecule has 3 nitrogen and oxygen atoms in total. The van der Waals surface area contributed by atoms with Crippen molar-refractivity contribution in [1.29, 1.82) is 0 Å². The minimum Gasteiger partial charge on any atom is -0.497 e. The number of piperazine rings is 1. The van der Waals surface area contributed by atoms with E-state index in [0.29, 0.717) is 0 Å². The molecule has 2 aromatic carbocycles. The third-order valence-corrected chi connectivity index (χ3v) is 5.67. The number of nitrogens with zero attached hydrogens (tertiary/aromatic N) is 2. The van der Waals surface area contributed by atoms with Gasteiger partial charge < -0.3 is 9.64 Å². The summed E-state index contributed by atoms with van der Waals surface area (Å²) in [6, 6.07) is 17.4. The van der Waals surface area contributed by atoms with Crippen LogP contribution in [0.3, 0.4) is 0 Å². The van der Waals surface area contributed by atoms with E-state index < -0.39 is 0 Å². The van der Waals surface area contributed by atoms with Gasteiger partial charge in [-0.1, -0.05) is 30.3 Å². The molecular formula is C23H28N2O. The topological polar surface area (TPSA) is 15.7 Å². The van der Waals surface area contributed by atoms with E-state index in [1.165, 1.54) is 36.1 Å². The van der Waals surface area contributed by atoms with Crippen LogP contribution in [0.5, 0.6) is 5.75 Å². The van der Waals surface area contributed by atoms with E-state index in [1.807, 2.05) is 0 Å². The molecule has 0 atom stereocenters. The molecule has 0 saturated carbocycles. The first-order valence-electron chi connectivity index (χ1n) is 9.72. The highest BCUT2D eigenvalue weighted by Gasteiger charge is 2.18. The minimum atomic E-state index is 0.924. The van der Waals surface area contributed by atoms with Crippen LogP contribution in [0.15, 0.2) is 54.6 Å². The van der Waals surface area contributed by atoms with Crippen molar-refractivity contribution in [3.05, 3.63) is 65.7 Å². The van der Waals surface area contributed by atoms with Crippen LogP contribution >= 0.6 is 0 Å². The second kappa shape index (κ2) is 7.96. The fourth-order valence-electron chi connectivity index (χ4n) is 4.10. The molecule has 2 aliphatic rings. The van der Waals surface area contributed by atoms with E-state index in [1.54, 1.807) is 12.7 Å². The van der Waals surface area contributed by atoms with Crippen molar-refractivity contribution in [3.8, 4) is 5.75 Å². The van der Waals surface area contributed by atoms with Crippen molar-refractivity contribution in [2.24, 2.45) is 0 Å². The number of hydrogen-bond acceptors (Lipinski definition) is 3. The Balaban J connectivity index is 1.30. The number of benzene rings is 2. The van der Waals surface area contributed by atoms with Gasteiger partial charge in [0.25, 0.3) is 0 Å². The van der Waals surface area contributed by atoms with E-state index in [2.05, 4.69) is 64.4 Å². The highest BCUT2D eigenvalue weighted by atomic mass is 16.5. The molecule has 3 heteroatoms. The minimum absolute atomic E-state index is 0.924. The summed E-state index contributed by atoms with van der Waals surface area (Å²) in [6.07, 6.45) is 6.01. The van der Waals surface area contributed by atoms with Gasteiger partial charge in [-0.3, -0.25) is 4.90 Å². The highest BCUT2D eigenvalue weighted by molar-refractivity contribution is 5.70. The van der Waals surface area contributed by atoms with Crippen LogP contribution in [-0.2, 0) is 6.42 Å². The molecule has 1 fully saturated rings. The summed E-state index contributed by atoms with van der Waals surface area (Å²) < 4.78 is 5.26. The lowest BCUT2D eigenvalue weighted by Crippen LogP contribution is -2.46. The molecule has 0 N–H and O–H groups in total. The number of fused-ring (bicyclic) bond motifs is 1. The van der Waals surface area contributed by atoms with Crippen molar-refractivity contribution in [3.63, 3.8) is 0 Å². The first-order chi connectivity index (χ1) is 12.8. The average Bonchev–Trinajstić information content (AvgIpc) is 2.73. The predicted octanol–water partition coefficient (Wildman–Crippen LogP) is 4.24. The Bertz CT molecular complexity index is 758. The van der Waals surface area contributed by atoms with Crippen LogP contribution in [0.4, 0.5) is 5.69 Å². The first-order valence-corrected chi connectivity index (χ1v) is 9.72. The van der Waals surface area contributed by atoms with Crippen LogP contribution in [0.25, 0.3) is 5.57 Å². The maximum absolute atomic E-state index is 5.26. The van der Waals surface area contributed by atoms with Crippen molar-refractivity contribution in [2.45, 2.75) is 19.3 Å². The monoisotopic (exact) mass is 348 g/mol. The van der Waals surface area contributed by atoms with Gasteiger partial charge in [-0.25, -0.2) is 0 Å². The number of rotatable bonds is 5. The summed E-state index contributed by atoms with van der Waals surface area (Å²) >= 11 is 0. The van der Waals surface area contributed by atoms with Crippen molar-refractivity contribution in [2.75, 3.05) is 44.7 Å². The predicted molar refractivity (Wildman–Crippen MR) is 109 cm³/mol. The Morgan fingerprint density at radius 1 is 0.923 bits per heavy atom. The number of allylic oxidation sites excluding steroid dienone is 1. The van der Waals surface area contributed by atoms with Crippen molar-refractivity contribution >= 4 is 11.3 Å². The average molecular weight is 348 g/mol. The molecule has 0 aromatic heterocycles. The standard InChI is InChI=1S/C23H28N2O/c1-26-22-11-9-21(10-12-22)25-17-15-24(16-18-25)14-13-20-7-4-6-19-5-2-3-8-23(19)20/h2-3,5,7-12H,4,6,13-18H2,1H3. The molecule has 1 aliphatic heterocycles. The van der Waals surface area contributed by atoms with Crippen molar-refractivity contribution in [1.82, 2.24) is 4.90 Å². The fourth-order valence-corrected chi connectivity index (χ4v) is 4.10. The molecule has 0 spiro atoms. The fraction of sp³-hybridized carbons (Fsp3) is 0.391. The maximum atomic E-state index is 5.26. The SMILES string of the molecule is COc1ccc(N2CCN(CCC3=CCCc4ccccc43)CC2)cc1. The van der Waals surface area contributed by atoms with Crippen LogP contribution in [-0.4, -0.2) is 44.7 Å². The molecule has 1 saturated heterocycles. The lowest BCUT2D eigenvalue weighted by Gasteiger charge is -2.36. The zero-order chi connectivity index (χ0) is 17.8. The Labute approximate surface area is 156 Å². The summed E-state index contributed by atoms with van der Waals surface area (Å²) in [7, 11) is 1.72. The third-order valence-electron chi connectivity index (χ3n) is 5.67. The van der Waals surface area contributed by atoms with Gasteiger partial charge in [0, 0.05) is 38.4 Å². The van der Waals surface area contributed by atoms with Crippen LogP contribution in [0.2, 0.25) is 0 Å². The number of methoxy groups -OCH3 is 1. The Hall–Kier alpha value is -2.26. The van der Waals surface area contributed by atoms with Gasteiger partial charge >= 0.3 is 0 Å². The number of aryl methyl sites for hydroxylation is 1.